The molecule has 1 unspecified atom stereocenters. The summed E-state index contributed by atoms with van der Waals surface area (Å²) in [6.45, 7) is 1.47. The summed E-state index contributed by atoms with van der Waals surface area (Å²) in [5.41, 5.74) is 0. The van der Waals surface area contributed by atoms with Crippen LogP contribution in [0.1, 0.15) is 6.92 Å². The summed E-state index contributed by atoms with van der Waals surface area (Å²) >= 11 is 2.97. The normalized spacial score (nSPS) is 16.8. The molecular formula is C5H9BrO3. The second kappa shape index (κ2) is 3.85. The first-order valence-electron chi connectivity index (χ1n) is 2.56. The minimum atomic E-state index is -0.970. The van der Waals surface area contributed by atoms with Crippen LogP contribution in [0.4, 0.5) is 0 Å². The van der Waals surface area contributed by atoms with Gasteiger partial charge in [-0.2, -0.15) is 0 Å². The minimum absolute atomic E-state index is 0.306. The van der Waals surface area contributed by atoms with Crippen LogP contribution in [-0.4, -0.2) is 27.6 Å². The second-order valence-electron chi connectivity index (χ2n) is 1.85. The van der Waals surface area contributed by atoms with E-state index < -0.39 is 18.0 Å². The highest BCUT2D eigenvalue weighted by Crippen LogP contribution is 2.04. The first-order chi connectivity index (χ1) is 4.09. The van der Waals surface area contributed by atoms with Crippen LogP contribution in [0.15, 0.2) is 0 Å². The molecule has 0 aromatic carbocycles. The molecule has 0 heterocycles. The zero-order valence-corrected chi connectivity index (χ0v) is 6.63. The zero-order chi connectivity index (χ0) is 7.44. The molecule has 0 radical (unpaired) electrons. The third-order valence-corrected chi connectivity index (χ3v) is 1.79. The molecule has 54 valence electrons. The summed E-state index contributed by atoms with van der Waals surface area (Å²) in [5.74, 6) is -1.66. The summed E-state index contributed by atoms with van der Waals surface area (Å²) in [7, 11) is 0. The quantitative estimate of drug-likeness (QED) is 0.646. The molecule has 0 bridgehead atoms. The van der Waals surface area contributed by atoms with E-state index in [1.54, 1.807) is 0 Å². The van der Waals surface area contributed by atoms with Crippen LogP contribution >= 0.6 is 15.9 Å². The molecule has 0 aliphatic heterocycles. The standard InChI is InChI=1S/C5H9BrO3/c1-3(5(8)9)4(7)2-6/h3-4,7H,2H2,1H3,(H,8,9)/t3?,4-/m0/s1. The molecule has 0 saturated carbocycles. The Bertz CT molecular complexity index is 104. The SMILES string of the molecule is CC(C(=O)O)[C@@H](O)CBr. The number of aliphatic carboxylic acids is 1. The molecule has 0 rings (SSSR count). The molecule has 0 saturated heterocycles. The van der Waals surface area contributed by atoms with Gasteiger partial charge in [-0.05, 0) is 6.92 Å². The van der Waals surface area contributed by atoms with Crippen molar-refractivity contribution >= 4 is 21.9 Å². The molecule has 0 amide bonds. The summed E-state index contributed by atoms with van der Waals surface area (Å²) in [4.78, 5) is 10.1. The Kier molecular flexibility index (Phi) is 3.81. The Morgan fingerprint density at radius 3 is 2.33 bits per heavy atom. The predicted octanol–water partition coefficient (Wildman–Crippen LogP) is 0.463. The van der Waals surface area contributed by atoms with Crippen LogP contribution in [-0.2, 0) is 4.79 Å². The smallest absolute Gasteiger partial charge is 0.308 e. The van der Waals surface area contributed by atoms with Crippen LogP contribution in [0.3, 0.4) is 0 Å². The maximum atomic E-state index is 10.1. The lowest BCUT2D eigenvalue weighted by Crippen LogP contribution is -2.26. The van der Waals surface area contributed by atoms with Crippen LogP contribution in [0.25, 0.3) is 0 Å². The first-order valence-corrected chi connectivity index (χ1v) is 3.68. The number of hydrogen-bond donors (Lipinski definition) is 2. The van der Waals surface area contributed by atoms with Gasteiger partial charge in [-0.25, -0.2) is 0 Å². The second-order valence-corrected chi connectivity index (χ2v) is 2.50. The van der Waals surface area contributed by atoms with Gasteiger partial charge in [0.05, 0.1) is 12.0 Å². The molecule has 0 aliphatic rings. The maximum Gasteiger partial charge on any atom is 0.308 e. The van der Waals surface area contributed by atoms with Gasteiger partial charge < -0.3 is 10.2 Å². The number of halogens is 1. The Hall–Kier alpha value is -0.0900. The fraction of sp³-hybridized carbons (Fsp3) is 0.800. The number of carboxylic acid groups (broad SMARTS) is 1. The molecule has 0 aromatic heterocycles. The van der Waals surface area contributed by atoms with Gasteiger partial charge in [-0.15, -0.1) is 0 Å². The van der Waals surface area contributed by atoms with Gasteiger partial charge >= 0.3 is 5.97 Å². The van der Waals surface area contributed by atoms with Crippen LogP contribution in [0.5, 0.6) is 0 Å². The number of rotatable bonds is 3. The lowest BCUT2D eigenvalue weighted by Gasteiger charge is -2.10. The van der Waals surface area contributed by atoms with Crippen molar-refractivity contribution in [2.75, 3.05) is 5.33 Å². The van der Waals surface area contributed by atoms with E-state index >= 15 is 0 Å². The van der Waals surface area contributed by atoms with Gasteiger partial charge in [-0.1, -0.05) is 15.9 Å². The van der Waals surface area contributed by atoms with E-state index in [0.717, 1.165) is 0 Å². The van der Waals surface area contributed by atoms with Gasteiger partial charge in [0, 0.05) is 5.33 Å². The van der Waals surface area contributed by atoms with Crippen molar-refractivity contribution in [1.29, 1.82) is 0 Å². The average molecular weight is 197 g/mol. The van der Waals surface area contributed by atoms with Crippen molar-refractivity contribution in [3.05, 3.63) is 0 Å². The molecule has 0 spiro atoms. The van der Waals surface area contributed by atoms with Crippen molar-refractivity contribution in [3.8, 4) is 0 Å². The number of aliphatic hydroxyl groups excluding tert-OH is 1. The largest absolute Gasteiger partial charge is 0.481 e. The monoisotopic (exact) mass is 196 g/mol. The van der Waals surface area contributed by atoms with Crippen LogP contribution < -0.4 is 0 Å². The van der Waals surface area contributed by atoms with Crippen molar-refractivity contribution in [3.63, 3.8) is 0 Å². The minimum Gasteiger partial charge on any atom is -0.481 e. The Balaban J connectivity index is 3.72. The van der Waals surface area contributed by atoms with E-state index in [1.807, 2.05) is 0 Å². The maximum absolute atomic E-state index is 10.1. The molecule has 0 aromatic rings. The summed E-state index contributed by atoms with van der Waals surface area (Å²) in [6, 6.07) is 0. The Morgan fingerprint density at radius 1 is 1.78 bits per heavy atom. The number of hydrogen-bond acceptors (Lipinski definition) is 2. The van der Waals surface area contributed by atoms with Crippen LogP contribution in [0, 0.1) is 5.92 Å². The molecular weight excluding hydrogens is 188 g/mol. The highest BCUT2D eigenvalue weighted by atomic mass is 79.9. The van der Waals surface area contributed by atoms with Gasteiger partial charge in [0.1, 0.15) is 0 Å². The summed E-state index contributed by atoms with van der Waals surface area (Å²) < 4.78 is 0. The molecule has 0 aliphatic carbocycles. The topological polar surface area (TPSA) is 57.5 Å². The Labute approximate surface area is 61.8 Å². The first kappa shape index (κ1) is 8.91. The molecule has 9 heavy (non-hydrogen) atoms. The molecule has 0 fully saturated rings. The third-order valence-electron chi connectivity index (χ3n) is 1.12. The molecule has 2 N–H and O–H groups in total. The van der Waals surface area contributed by atoms with E-state index in [1.165, 1.54) is 6.92 Å². The van der Waals surface area contributed by atoms with E-state index in [4.69, 9.17) is 10.2 Å². The third kappa shape index (κ3) is 2.81. The number of carboxylic acids is 1. The van der Waals surface area contributed by atoms with Gasteiger partial charge in [0.2, 0.25) is 0 Å². The van der Waals surface area contributed by atoms with Crippen molar-refractivity contribution < 1.29 is 15.0 Å². The lowest BCUT2D eigenvalue weighted by atomic mass is 10.1. The number of aliphatic hydroxyl groups is 1. The highest BCUT2D eigenvalue weighted by molar-refractivity contribution is 9.09. The van der Waals surface area contributed by atoms with Gasteiger partial charge in [-0.3, -0.25) is 4.79 Å². The van der Waals surface area contributed by atoms with E-state index in [0.29, 0.717) is 5.33 Å². The fourth-order valence-corrected chi connectivity index (χ4v) is 0.859. The highest BCUT2D eigenvalue weighted by Gasteiger charge is 2.19. The van der Waals surface area contributed by atoms with Crippen LogP contribution in [0.2, 0.25) is 0 Å². The zero-order valence-electron chi connectivity index (χ0n) is 5.04. The number of carbonyl (C=O) groups is 1. The van der Waals surface area contributed by atoms with E-state index in [2.05, 4.69) is 15.9 Å². The van der Waals surface area contributed by atoms with Gasteiger partial charge in [0.15, 0.2) is 0 Å². The molecule has 2 atom stereocenters. The molecule has 3 nitrogen and oxygen atoms in total. The number of alkyl halides is 1. The lowest BCUT2D eigenvalue weighted by molar-refractivity contribution is -0.144. The van der Waals surface area contributed by atoms with Crippen molar-refractivity contribution in [1.82, 2.24) is 0 Å². The molecule has 4 heteroatoms. The Morgan fingerprint density at radius 2 is 2.22 bits per heavy atom. The average Bonchev–Trinajstić information content (AvgIpc) is 1.84. The van der Waals surface area contributed by atoms with E-state index in [9.17, 15) is 4.79 Å². The predicted molar refractivity (Wildman–Crippen MR) is 36.6 cm³/mol. The van der Waals surface area contributed by atoms with Crippen molar-refractivity contribution in [2.24, 2.45) is 5.92 Å². The van der Waals surface area contributed by atoms with Gasteiger partial charge in [0.25, 0.3) is 0 Å². The summed E-state index contributed by atoms with van der Waals surface area (Å²) in [6.07, 6.45) is -0.789. The summed E-state index contributed by atoms with van der Waals surface area (Å²) in [5, 5.41) is 17.5. The van der Waals surface area contributed by atoms with Crippen molar-refractivity contribution in [2.45, 2.75) is 13.0 Å². The fourth-order valence-electron chi connectivity index (χ4n) is 0.298. The van der Waals surface area contributed by atoms with E-state index in [-0.39, 0.29) is 0 Å².